The number of aliphatic hydroxyl groups is 2. The first-order chi connectivity index (χ1) is 10.8. The Labute approximate surface area is 131 Å². The van der Waals surface area contributed by atoms with Crippen molar-refractivity contribution in [2.45, 2.75) is 12.2 Å². The van der Waals surface area contributed by atoms with Crippen LogP contribution in [-0.4, -0.2) is 44.5 Å². The summed E-state index contributed by atoms with van der Waals surface area (Å²) in [5.74, 6) is -2.03. The molecule has 0 unspecified atom stereocenters. The van der Waals surface area contributed by atoms with E-state index in [0.717, 1.165) is 12.1 Å². The Morgan fingerprint density at radius 2 is 1.61 bits per heavy atom. The Kier molecular flexibility index (Phi) is 4.73. The Balaban J connectivity index is 2.34. The summed E-state index contributed by atoms with van der Waals surface area (Å²) in [6, 6.07) is 7.33. The molecule has 0 saturated carbocycles. The maximum Gasteiger partial charge on any atom is 0.201 e. The van der Waals surface area contributed by atoms with Crippen molar-refractivity contribution in [3.05, 3.63) is 47.5 Å². The second kappa shape index (κ2) is 6.55. The second-order valence-corrected chi connectivity index (χ2v) is 4.89. The minimum atomic E-state index is -1.87. The minimum absolute atomic E-state index is 0.0281. The molecule has 2 aromatic carbocycles. The molecule has 0 spiro atoms. The highest BCUT2D eigenvalue weighted by Gasteiger charge is 2.31. The zero-order valence-corrected chi connectivity index (χ0v) is 12.2. The number of rotatable bonds is 5. The van der Waals surface area contributed by atoms with Gasteiger partial charge in [0, 0.05) is 12.1 Å². The van der Waals surface area contributed by atoms with Gasteiger partial charge < -0.3 is 30.3 Å². The van der Waals surface area contributed by atoms with Gasteiger partial charge in [-0.05, 0) is 17.7 Å². The van der Waals surface area contributed by atoms with Crippen molar-refractivity contribution in [3.8, 4) is 23.0 Å². The summed E-state index contributed by atoms with van der Waals surface area (Å²) in [7, 11) is 1.23. The fourth-order valence-electron chi connectivity index (χ4n) is 2.14. The van der Waals surface area contributed by atoms with Gasteiger partial charge in [0.2, 0.25) is 5.78 Å². The van der Waals surface area contributed by atoms with E-state index < -0.39 is 23.7 Å². The predicted molar refractivity (Wildman–Crippen MR) is 79.7 cm³/mol. The highest BCUT2D eigenvalue weighted by atomic mass is 16.5. The molecule has 0 amide bonds. The largest absolute Gasteiger partial charge is 0.508 e. The van der Waals surface area contributed by atoms with Crippen LogP contribution in [0.2, 0.25) is 0 Å². The SMILES string of the molecule is COc1cc(O)cc(O)c1C(=O)[C@H](O)[C@H](O)c1ccc(O)cc1. The lowest BCUT2D eigenvalue weighted by Gasteiger charge is -2.19. The third-order valence-electron chi connectivity index (χ3n) is 3.33. The Morgan fingerprint density at radius 1 is 1.00 bits per heavy atom. The summed E-state index contributed by atoms with van der Waals surface area (Å²) in [6.45, 7) is 0. The van der Waals surface area contributed by atoms with E-state index in [9.17, 15) is 30.3 Å². The number of Topliss-reactive ketones (excluding diaryl/α,β-unsaturated/α-hetero) is 1. The zero-order chi connectivity index (χ0) is 17.1. The smallest absolute Gasteiger partial charge is 0.201 e. The van der Waals surface area contributed by atoms with Crippen LogP contribution in [-0.2, 0) is 0 Å². The number of phenolic OH excluding ortho intramolecular Hbond substituents is 3. The lowest BCUT2D eigenvalue weighted by molar-refractivity contribution is 0.0200. The van der Waals surface area contributed by atoms with Gasteiger partial charge in [-0.3, -0.25) is 4.79 Å². The normalized spacial score (nSPS) is 13.3. The van der Waals surface area contributed by atoms with Crippen LogP contribution in [0.3, 0.4) is 0 Å². The molecule has 2 atom stereocenters. The minimum Gasteiger partial charge on any atom is -0.508 e. The van der Waals surface area contributed by atoms with Crippen molar-refractivity contribution in [2.24, 2.45) is 0 Å². The summed E-state index contributed by atoms with van der Waals surface area (Å²) in [5.41, 5.74) is -0.142. The molecule has 5 N–H and O–H groups in total. The molecule has 0 saturated heterocycles. The first-order valence-corrected chi connectivity index (χ1v) is 6.64. The van der Waals surface area contributed by atoms with Gasteiger partial charge >= 0.3 is 0 Å². The van der Waals surface area contributed by atoms with Crippen LogP contribution in [0, 0.1) is 0 Å². The summed E-state index contributed by atoms with van der Waals surface area (Å²) in [4.78, 5) is 12.4. The standard InChI is InChI=1S/C16H16O7/c1-23-12-7-10(18)6-11(19)13(12)15(21)16(22)14(20)8-2-4-9(17)5-3-8/h2-7,14,16-20,22H,1H3/t14-,16-/m1/s1. The molecule has 0 aromatic heterocycles. The number of hydrogen-bond donors (Lipinski definition) is 5. The highest BCUT2D eigenvalue weighted by Crippen LogP contribution is 2.35. The van der Waals surface area contributed by atoms with Gasteiger partial charge in [-0.2, -0.15) is 0 Å². The number of ether oxygens (including phenoxy) is 1. The van der Waals surface area contributed by atoms with E-state index >= 15 is 0 Å². The molecule has 122 valence electrons. The van der Waals surface area contributed by atoms with E-state index in [1.807, 2.05) is 0 Å². The van der Waals surface area contributed by atoms with Crippen molar-refractivity contribution in [2.75, 3.05) is 7.11 Å². The molecule has 0 aliphatic carbocycles. The molecule has 2 rings (SSSR count). The maximum atomic E-state index is 12.4. The predicted octanol–water partition coefficient (Wildman–Crippen LogP) is 1.09. The topological polar surface area (TPSA) is 127 Å². The Hall–Kier alpha value is -2.77. The van der Waals surface area contributed by atoms with Gasteiger partial charge in [0.05, 0.1) is 7.11 Å². The van der Waals surface area contributed by atoms with Crippen molar-refractivity contribution in [3.63, 3.8) is 0 Å². The third-order valence-corrected chi connectivity index (χ3v) is 3.33. The van der Waals surface area contributed by atoms with Crippen molar-refractivity contribution >= 4 is 5.78 Å². The number of hydrogen-bond acceptors (Lipinski definition) is 7. The molecule has 0 heterocycles. The lowest BCUT2D eigenvalue weighted by Crippen LogP contribution is -2.28. The monoisotopic (exact) mass is 320 g/mol. The fraction of sp³-hybridized carbons (Fsp3) is 0.188. The van der Waals surface area contributed by atoms with Crippen molar-refractivity contribution < 1.29 is 35.1 Å². The summed E-state index contributed by atoms with van der Waals surface area (Å²) >= 11 is 0. The number of carbonyl (C=O) groups excluding carboxylic acids is 1. The van der Waals surface area contributed by atoms with Gasteiger partial charge in [0.1, 0.15) is 40.8 Å². The number of benzene rings is 2. The second-order valence-electron chi connectivity index (χ2n) is 4.89. The van der Waals surface area contributed by atoms with Crippen molar-refractivity contribution in [1.82, 2.24) is 0 Å². The lowest BCUT2D eigenvalue weighted by atomic mass is 9.96. The molecular weight excluding hydrogens is 304 g/mol. The number of aliphatic hydroxyl groups excluding tert-OH is 2. The Bertz CT molecular complexity index is 709. The molecular formula is C16H16O7. The van der Waals surface area contributed by atoms with E-state index in [-0.39, 0.29) is 28.4 Å². The molecule has 0 bridgehead atoms. The van der Waals surface area contributed by atoms with Gasteiger partial charge in [-0.15, -0.1) is 0 Å². The quantitative estimate of drug-likeness (QED) is 0.522. The van der Waals surface area contributed by atoms with Crippen LogP contribution in [0.25, 0.3) is 0 Å². The molecule has 0 aliphatic heterocycles. The third kappa shape index (κ3) is 3.36. The molecule has 7 nitrogen and oxygen atoms in total. The summed E-state index contributed by atoms with van der Waals surface area (Å²) in [6.07, 6.45) is -3.44. The van der Waals surface area contributed by atoms with E-state index in [1.165, 1.54) is 31.4 Å². The van der Waals surface area contributed by atoms with E-state index in [1.54, 1.807) is 0 Å². The first kappa shape index (κ1) is 16.6. The average Bonchev–Trinajstić information content (AvgIpc) is 2.52. The molecule has 0 fully saturated rings. The van der Waals surface area contributed by atoms with Crippen LogP contribution in [0.4, 0.5) is 0 Å². The highest BCUT2D eigenvalue weighted by molar-refractivity contribution is 6.04. The number of aromatic hydroxyl groups is 3. The van der Waals surface area contributed by atoms with Gasteiger partial charge in [0.25, 0.3) is 0 Å². The molecule has 23 heavy (non-hydrogen) atoms. The maximum absolute atomic E-state index is 12.4. The van der Waals surface area contributed by atoms with Gasteiger partial charge in [-0.1, -0.05) is 12.1 Å². The number of ketones is 1. The average molecular weight is 320 g/mol. The van der Waals surface area contributed by atoms with E-state index in [2.05, 4.69) is 0 Å². The number of methoxy groups -OCH3 is 1. The van der Waals surface area contributed by atoms with E-state index in [0.29, 0.717) is 0 Å². The van der Waals surface area contributed by atoms with E-state index in [4.69, 9.17) is 4.74 Å². The molecule has 7 heteroatoms. The van der Waals surface area contributed by atoms with Crippen molar-refractivity contribution in [1.29, 1.82) is 0 Å². The summed E-state index contributed by atoms with van der Waals surface area (Å²) in [5, 5.41) is 48.6. The Morgan fingerprint density at radius 3 is 2.17 bits per heavy atom. The molecule has 0 radical (unpaired) electrons. The van der Waals surface area contributed by atoms with Crippen LogP contribution in [0.5, 0.6) is 23.0 Å². The zero-order valence-electron chi connectivity index (χ0n) is 12.2. The van der Waals surface area contributed by atoms with Crippen LogP contribution >= 0.6 is 0 Å². The van der Waals surface area contributed by atoms with Crippen LogP contribution in [0.1, 0.15) is 22.0 Å². The van der Waals surface area contributed by atoms with Gasteiger partial charge in [-0.25, -0.2) is 0 Å². The molecule has 2 aromatic rings. The fourth-order valence-corrected chi connectivity index (χ4v) is 2.14. The van der Waals surface area contributed by atoms with Crippen LogP contribution < -0.4 is 4.74 Å². The number of phenols is 3. The number of carbonyl (C=O) groups is 1. The van der Waals surface area contributed by atoms with Gasteiger partial charge in [0.15, 0.2) is 0 Å². The molecule has 0 aliphatic rings. The van der Waals surface area contributed by atoms with Crippen LogP contribution in [0.15, 0.2) is 36.4 Å². The summed E-state index contributed by atoms with van der Waals surface area (Å²) < 4.78 is 4.91. The first-order valence-electron chi connectivity index (χ1n) is 6.64.